The third-order valence-electron chi connectivity index (χ3n) is 6.91. The molecule has 4 heteroatoms. The number of piperidine rings is 1. The Bertz CT molecular complexity index is 760. The Labute approximate surface area is 157 Å². The summed E-state index contributed by atoms with van der Waals surface area (Å²) in [5.41, 5.74) is 4.45. The van der Waals surface area contributed by atoms with Gasteiger partial charge in [0.1, 0.15) is 12.1 Å². The second-order valence-corrected chi connectivity index (χ2v) is 8.23. The normalized spacial score (nSPS) is 29.2. The molecule has 1 N–H and O–H groups in total. The molecule has 1 aliphatic carbocycles. The lowest BCUT2D eigenvalue weighted by atomic mass is 9.56. The second kappa shape index (κ2) is 6.99. The molecule has 0 spiro atoms. The van der Waals surface area contributed by atoms with Crippen LogP contribution in [0.4, 0.5) is 11.5 Å². The minimum Gasteiger partial charge on any atom is -0.340 e. The van der Waals surface area contributed by atoms with Gasteiger partial charge in [0.05, 0.1) is 0 Å². The standard InChI is InChI=1S/C22H30N4/c1-16-7-8-18(25-21-9-12-23-15-24-21)14-20(16)22-10-5-4-6-19(22)17(2)26(3)13-11-22/h7-9,12,14-15,17,19H,4-6,10-11,13H2,1-3H3,(H,23,24,25). The van der Waals surface area contributed by atoms with Crippen molar-refractivity contribution in [3.05, 3.63) is 47.9 Å². The van der Waals surface area contributed by atoms with Gasteiger partial charge in [0, 0.05) is 23.3 Å². The topological polar surface area (TPSA) is 41.1 Å². The van der Waals surface area contributed by atoms with Gasteiger partial charge < -0.3 is 10.2 Å². The van der Waals surface area contributed by atoms with Crippen LogP contribution in [0.25, 0.3) is 0 Å². The molecule has 0 bridgehead atoms. The molecule has 1 saturated carbocycles. The van der Waals surface area contributed by atoms with E-state index in [0.717, 1.165) is 17.4 Å². The van der Waals surface area contributed by atoms with Gasteiger partial charge in [-0.2, -0.15) is 0 Å². The first kappa shape index (κ1) is 17.5. The highest BCUT2D eigenvalue weighted by Gasteiger charge is 2.48. The maximum absolute atomic E-state index is 4.31. The van der Waals surface area contributed by atoms with Gasteiger partial charge >= 0.3 is 0 Å². The van der Waals surface area contributed by atoms with Crippen LogP contribution in [0.1, 0.15) is 50.2 Å². The van der Waals surface area contributed by atoms with Crippen LogP contribution in [0.3, 0.4) is 0 Å². The van der Waals surface area contributed by atoms with Crippen molar-refractivity contribution in [2.24, 2.45) is 5.92 Å². The smallest absolute Gasteiger partial charge is 0.133 e. The number of aromatic nitrogens is 2. The van der Waals surface area contributed by atoms with Crippen LogP contribution in [0.15, 0.2) is 36.8 Å². The summed E-state index contributed by atoms with van der Waals surface area (Å²) in [6, 6.07) is 9.42. The van der Waals surface area contributed by atoms with Crippen LogP contribution in [0, 0.1) is 12.8 Å². The number of benzene rings is 1. The summed E-state index contributed by atoms with van der Waals surface area (Å²) in [6.07, 6.45) is 10.1. The molecule has 2 aromatic rings. The number of nitrogens with one attached hydrogen (secondary N) is 1. The lowest BCUT2D eigenvalue weighted by molar-refractivity contribution is 0.0226. The summed E-state index contributed by atoms with van der Waals surface area (Å²) in [6.45, 7) is 5.91. The first-order valence-electron chi connectivity index (χ1n) is 9.94. The maximum atomic E-state index is 4.31. The largest absolute Gasteiger partial charge is 0.340 e. The molecule has 138 valence electrons. The minimum atomic E-state index is 0.331. The number of hydrogen-bond acceptors (Lipinski definition) is 4. The van der Waals surface area contributed by atoms with E-state index in [1.807, 2.05) is 6.07 Å². The monoisotopic (exact) mass is 350 g/mol. The first-order chi connectivity index (χ1) is 12.6. The summed E-state index contributed by atoms with van der Waals surface area (Å²) < 4.78 is 0. The second-order valence-electron chi connectivity index (χ2n) is 8.23. The molecule has 2 fully saturated rings. The molecule has 26 heavy (non-hydrogen) atoms. The average molecular weight is 351 g/mol. The van der Waals surface area contributed by atoms with E-state index < -0.39 is 0 Å². The Kier molecular flexibility index (Phi) is 4.70. The maximum Gasteiger partial charge on any atom is 0.133 e. The van der Waals surface area contributed by atoms with Crippen molar-refractivity contribution < 1.29 is 0 Å². The lowest BCUT2D eigenvalue weighted by Gasteiger charge is -2.54. The fourth-order valence-electron chi connectivity index (χ4n) is 5.38. The number of anilines is 2. The molecular weight excluding hydrogens is 320 g/mol. The Morgan fingerprint density at radius 1 is 1.19 bits per heavy atom. The summed E-state index contributed by atoms with van der Waals surface area (Å²) in [5, 5.41) is 3.46. The van der Waals surface area contributed by atoms with Gasteiger partial charge in [-0.25, -0.2) is 9.97 Å². The number of aryl methyl sites for hydroxylation is 1. The number of rotatable bonds is 3. The van der Waals surface area contributed by atoms with Crippen LogP contribution < -0.4 is 5.32 Å². The third-order valence-corrected chi connectivity index (χ3v) is 6.91. The molecule has 1 saturated heterocycles. The molecule has 4 rings (SSSR count). The van der Waals surface area contributed by atoms with Crippen molar-refractivity contribution in [3.8, 4) is 0 Å². The van der Waals surface area contributed by atoms with Gasteiger partial charge in [-0.1, -0.05) is 18.9 Å². The lowest BCUT2D eigenvalue weighted by Crippen LogP contribution is -2.55. The van der Waals surface area contributed by atoms with E-state index in [4.69, 9.17) is 0 Å². The van der Waals surface area contributed by atoms with Crippen molar-refractivity contribution in [1.82, 2.24) is 14.9 Å². The Morgan fingerprint density at radius 3 is 2.88 bits per heavy atom. The molecule has 1 aliphatic heterocycles. The number of fused-ring (bicyclic) bond motifs is 1. The van der Waals surface area contributed by atoms with Crippen molar-refractivity contribution in [2.45, 2.75) is 57.4 Å². The fourth-order valence-corrected chi connectivity index (χ4v) is 5.38. The van der Waals surface area contributed by atoms with E-state index >= 15 is 0 Å². The minimum absolute atomic E-state index is 0.331. The first-order valence-corrected chi connectivity index (χ1v) is 9.94. The van der Waals surface area contributed by atoms with E-state index in [2.05, 4.69) is 59.3 Å². The van der Waals surface area contributed by atoms with Gasteiger partial charge in [0.25, 0.3) is 0 Å². The van der Waals surface area contributed by atoms with Crippen molar-refractivity contribution in [3.63, 3.8) is 0 Å². The van der Waals surface area contributed by atoms with E-state index in [1.54, 1.807) is 18.1 Å². The molecule has 0 amide bonds. The number of hydrogen-bond donors (Lipinski definition) is 1. The molecule has 3 atom stereocenters. The summed E-state index contributed by atoms with van der Waals surface area (Å²) in [7, 11) is 2.29. The van der Waals surface area contributed by atoms with Crippen molar-refractivity contribution in [2.75, 3.05) is 18.9 Å². The molecule has 2 aliphatic rings. The van der Waals surface area contributed by atoms with Gasteiger partial charge in [-0.15, -0.1) is 0 Å². The van der Waals surface area contributed by atoms with Crippen LogP contribution in [-0.4, -0.2) is 34.5 Å². The zero-order chi connectivity index (χ0) is 18.1. The summed E-state index contributed by atoms with van der Waals surface area (Å²) in [5.74, 6) is 1.60. The van der Waals surface area contributed by atoms with Crippen molar-refractivity contribution in [1.29, 1.82) is 0 Å². The molecule has 2 heterocycles. The molecule has 0 radical (unpaired) electrons. The van der Waals surface area contributed by atoms with E-state index in [1.165, 1.54) is 44.2 Å². The van der Waals surface area contributed by atoms with Gasteiger partial charge in [-0.05, 0) is 81.9 Å². The fraction of sp³-hybridized carbons (Fsp3) is 0.545. The molecule has 1 aromatic carbocycles. The Balaban J connectivity index is 1.72. The molecule has 3 unspecified atom stereocenters. The van der Waals surface area contributed by atoms with Crippen LogP contribution in [0.5, 0.6) is 0 Å². The third kappa shape index (κ3) is 3.01. The van der Waals surface area contributed by atoms with Gasteiger partial charge in [0.2, 0.25) is 0 Å². The zero-order valence-electron chi connectivity index (χ0n) is 16.2. The van der Waals surface area contributed by atoms with Gasteiger partial charge in [-0.3, -0.25) is 0 Å². The van der Waals surface area contributed by atoms with E-state index in [9.17, 15) is 0 Å². The van der Waals surface area contributed by atoms with Crippen LogP contribution >= 0.6 is 0 Å². The molecule has 4 nitrogen and oxygen atoms in total. The average Bonchev–Trinajstić information content (AvgIpc) is 2.67. The Morgan fingerprint density at radius 2 is 2.08 bits per heavy atom. The predicted molar refractivity (Wildman–Crippen MR) is 107 cm³/mol. The Hall–Kier alpha value is -1.94. The molecular formula is C22H30N4. The van der Waals surface area contributed by atoms with Crippen molar-refractivity contribution >= 4 is 11.5 Å². The molecule has 1 aromatic heterocycles. The number of nitrogens with zero attached hydrogens (tertiary/aromatic N) is 3. The predicted octanol–water partition coefficient (Wildman–Crippen LogP) is 4.68. The highest BCUT2D eigenvalue weighted by molar-refractivity contribution is 5.59. The summed E-state index contributed by atoms with van der Waals surface area (Å²) in [4.78, 5) is 10.9. The zero-order valence-corrected chi connectivity index (χ0v) is 16.2. The van der Waals surface area contributed by atoms with Crippen LogP contribution in [-0.2, 0) is 5.41 Å². The van der Waals surface area contributed by atoms with E-state index in [0.29, 0.717) is 11.5 Å². The quantitative estimate of drug-likeness (QED) is 0.872. The number of likely N-dealkylation sites (tertiary alicyclic amines) is 1. The highest BCUT2D eigenvalue weighted by atomic mass is 15.1. The summed E-state index contributed by atoms with van der Waals surface area (Å²) >= 11 is 0. The highest BCUT2D eigenvalue weighted by Crippen LogP contribution is 2.52. The van der Waals surface area contributed by atoms with Crippen LogP contribution in [0.2, 0.25) is 0 Å². The van der Waals surface area contributed by atoms with Gasteiger partial charge in [0.15, 0.2) is 0 Å². The SMILES string of the molecule is Cc1ccc(Nc2ccncn2)cc1C12CCCCC1C(C)N(C)CC2. The van der Waals surface area contributed by atoms with E-state index in [-0.39, 0.29) is 0 Å².